The fourth-order valence-electron chi connectivity index (χ4n) is 1.61. The number of hydrogen-bond donors (Lipinski definition) is 1. The molecule has 0 saturated carbocycles. The average molecular weight is 265 g/mol. The van der Waals surface area contributed by atoms with Crippen LogP contribution in [0.25, 0.3) is 0 Å². The molecule has 0 amide bonds. The van der Waals surface area contributed by atoms with E-state index in [0.717, 1.165) is 6.07 Å². The number of nitro benzene ring substituents is 1. The molecule has 0 aliphatic heterocycles. The largest absolute Gasteiger partial charge is 0.379 e. The van der Waals surface area contributed by atoms with E-state index in [9.17, 15) is 14.5 Å². The van der Waals surface area contributed by atoms with Crippen LogP contribution in [-0.4, -0.2) is 26.2 Å². The van der Waals surface area contributed by atoms with Crippen molar-refractivity contribution in [3.63, 3.8) is 0 Å². The first-order valence-corrected chi connectivity index (χ1v) is 5.58. The Morgan fingerprint density at radius 3 is 2.95 bits per heavy atom. The van der Waals surface area contributed by atoms with Gasteiger partial charge in [-0.3, -0.25) is 14.8 Å². The Bertz CT molecular complexity index is 599. The summed E-state index contributed by atoms with van der Waals surface area (Å²) in [5, 5.41) is 17.7. The van der Waals surface area contributed by atoms with Gasteiger partial charge in [0.2, 0.25) is 0 Å². The van der Waals surface area contributed by atoms with Crippen LogP contribution in [0.4, 0.5) is 15.8 Å². The van der Waals surface area contributed by atoms with E-state index < -0.39 is 10.7 Å². The molecule has 1 N–H and O–H groups in total. The van der Waals surface area contributed by atoms with Gasteiger partial charge in [0.05, 0.1) is 11.0 Å². The summed E-state index contributed by atoms with van der Waals surface area (Å²) >= 11 is 0. The van der Waals surface area contributed by atoms with E-state index in [1.807, 2.05) is 0 Å². The molecule has 0 fully saturated rings. The molecule has 0 atom stereocenters. The number of nitrogens with one attached hydrogen (secondary N) is 1. The second kappa shape index (κ2) is 5.42. The molecule has 0 radical (unpaired) electrons. The van der Waals surface area contributed by atoms with Crippen LogP contribution in [0.15, 0.2) is 24.5 Å². The van der Waals surface area contributed by atoms with Gasteiger partial charge in [-0.25, -0.2) is 9.37 Å². The van der Waals surface area contributed by atoms with E-state index in [4.69, 9.17) is 0 Å². The van der Waals surface area contributed by atoms with Crippen LogP contribution in [-0.2, 0) is 13.5 Å². The maximum absolute atomic E-state index is 12.9. The van der Waals surface area contributed by atoms with Gasteiger partial charge < -0.3 is 5.32 Å². The molecule has 1 aromatic heterocycles. The Hall–Kier alpha value is -2.51. The summed E-state index contributed by atoms with van der Waals surface area (Å²) in [5.41, 5.74) is -0.00342. The minimum absolute atomic E-state index is 0.280. The molecule has 7 nitrogen and oxygen atoms in total. The van der Waals surface area contributed by atoms with Gasteiger partial charge in [-0.15, -0.1) is 0 Å². The second-order valence-electron chi connectivity index (χ2n) is 3.93. The number of aromatic nitrogens is 3. The lowest BCUT2D eigenvalue weighted by Crippen LogP contribution is -2.08. The molecule has 19 heavy (non-hydrogen) atoms. The molecule has 0 bridgehead atoms. The first kappa shape index (κ1) is 12.9. The Balaban J connectivity index is 2.01. The van der Waals surface area contributed by atoms with Crippen molar-refractivity contribution in [1.29, 1.82) is 0 Å². The van der Waals surface area contributed by atoms with Gasteiger partial charge in [0.15, 0.2) is 5.82 Å². The van der Waals surface area contributed by atoms with Crippen molar-refractivity contribution in [3.8, 4) is 0 Å². The van der Waals surface area contributed by atoms with Crippen molar-refractivity contribution in [2.45, 2.75) is 6.42 Å². The van der Waals surface area contributed by atoms with Gasteiger partial charge in [-0.1, -0.05) is 0 Å². The minimum Gasteiger partial charge on any atom is -0.379 e. The molecule has 1 aromatic carbocycles. The molecule has 8 heteroatoms. The number of rotatable bonds is 5. The predicted octanol–water partition coefficient (Wildman–Crippen LogP) is 1.52. The smallest absolute Gasteiger partial charge is 0.295 e. The van der Waals surface area contributed by atoms with Gasteiger partial charge in [0, 0.05) is 20.0 Å². The monoisotopic (exact) mass is 265 g/mol. The van der Waals surface area contributed by atoms with E-state index in [1.54, 1.807) is 18.1 Å². The molecule has 0 aliphatic rings. The van der Waals surface area contributed by atoms with Gasteiger partial charge in [-0.2, -0.15) is 5.10 Å². The van der Waals surface area contributed by atoms with Crippen molar-refractivity contribution >= 4 is 11.4 Å². The quantitative estimate of drug-likeness (QED) is 0.654. The molecule has 2 rings (SSSR count). The fourth-order valence-corrected chi connectivity index (χ4v) is 1.61. The predicted molar refractivity (Wildman–Crippen MR) is 66.3 cm³/mol. The number of benzene rings is 1. The molecule has 1 heterocycles. The summed E-state index contributed by atoms with van der Waals surface area (Å²) in [7, 11) is 1.76. The van der Waals surface area contributed by atoms with Crippen molar-refractivity contribution in [2.75, 3.05) is 11.9 Å². The topological polar surface area (TPSA) is 85.9 Å². The zero-order valence-corrected chi connectivity index (χ0v) is 10.2. The second-order valence-corrected chi connectivity index (χ2v) is 3.93. The van der Waals surface area contributed by atoms with Crippen LogP contribution in [0.3, 0.4) is 0 Å². The molecular weight excluding hydrogens is 253 g/mol. The molecule has 0 aliphatic carbocycles. The van der Waals surface area contributed by atoms with Gasteiger partial charge >= 0.3 is 0 Å². The first-order valence-electron chi connectivity index (χ1n) is 5.58. The van der Waals surface area contributed by atoms with Crippen molar-refractivity contribution in [1.82, 2.24) is 14.8 Å². The SMILES string of the molecule is Cn1cnc(CCNc2ccc(F)cc2[N+](=O)[O-])n1. The highest BCUT2D eigenvalue weighted by molar-refractivity contribution is 5.61. The van der Waals surface area contributed by atoms with E-state index in [1.165, 1.54) is 12.1 Å². The van der Waals surface area contributed by atoms with Gasteiger partial charge in [-0.05, 0) is 12.1 Å². The number of nitro groups is 1. The van der Waals surface area contributed by atoms with E-state index in [0.29, 0.717) is 18.8 Å². The summed E-state index contributed by atoms with van der Waals surface area (Å²) < 4.78 is 14.5. The lowest BCUT2D eigenvalue weighted by molar-refractivity contribution is -0.384. The van der Waals surface area contributed by atoms with Crippen molar-refractivity contribution in [3.05, 3.63) is 46.3 Å². The number of aryl methyl sites for hydroxylation is 1. The molecule has 0 spiro atoms. The number of hydrogen-bond acceptors (Lipinski definition) is 5. The maximum atomic E-state index is 12.9. The number of anilines is 1. The summed E-state index contributed by atoms with van der Waals surface area (Å²) in [6.45, 7) is 0.427. The average Bonchev–Trinajstić information content (AvgIpc) is 2.77. The maximum Gasteiger partial charge on any atom is 0.295 e. The Labute approximate surface area is 108 Å². The lowest BCUT2D eigenvalue weighted by Gasteiger charge is -2.05. The number of nitrogens with zero attached hydrogens (tertiary/aromatic N) is 4. The van der Waals surface area contributed by atoms with E-state index in [-0.39, 0.29) is 11.4 Å². The van der Waals surface area contributed by atoms with Gasteiger partial charge in [0.1, 0.15) is 17.8 Å². The third-order valence-electron chi connectivity index (χ3n) is 2.47. The fraction of sp³-hybridized carbons (Fsp3) is 0.273. The van der Waals surface area contributed by atoms with Crippen molar-refractivity contribution in [2.24, 2.45) is 7.05 Å². The van der Waals surface area contributed by atoms with Crippen LogP contribution in [0.1, 0.15) is 5.82 Å². The van der Waals surface area contributed by atoms with E-state index in [2.05, 4.69) is 15.4 Å². The first-order chi connectivity index (χ1) is 9.06. The third kappa shape index (κ3) is 3.24. The summed E-state index contributed by atoms with van der Waals surface area (Å²) in [6, 6.07) is 3.41. The minimum atomic E-state index is -0.636. The summed E-state index contributed by atoms with van der Waals surface area (Å²) in [5.74, 6) is 0.00316. The zero-order valence-electron chi connectivity index (χ0n) is 10.2. The molecular formula is C11H12FN5O2. The summed E-state index contributed by atoms with van der Waals surface area (Å²) in [6.07, 6.45) is 2.10. The molecule has 0 unspecified atom stereocenters. The molecule has 2 aromatic rings. The summed E-state index contributed by atoms with van der Waals surface area (Å²) in [4.78, 5) is 14.2. The normalized spacial score (nSPS) is 10.4. The van der Waals surface area contributed by atoms with Crippen LogP contribution >= 0.6 is 0 Å². The van der Waals surface area contributed by atoms with E-state index >= 15 is 0 Å². The zero-order chi connectivity index (χ0) is 13.8. The van der Waals surface area contributed by atoms with Crippen LogP contribution in [0.2, 0.25) is 0 Å². The molecule has 100 valence electrons. The highest BCUT2D eigenvalue weighted by atomic mass is 19.1. The lowest BCUT2D eigenvalue weighted by atomic mass is 10.2. The van der Waals surface area contributed by atoms with Crippen LogP contribution < -0.4 is 5.32 Å². The van der Waals surface area contributed by atoms with Crippen LogP contribution in [0, 0.1) is 15.9 Å². The third-order valence-corrected chi connectivity index (χ3v) is 2.47. The Morgan fingerprint density at radius 1 is 1.53 bits per heavy atom. The highest BCUT2D eigenvalue weighted by Gasteiger charge is 2.14. The molecule has 0 saturated heterocycles. The van der Waals surface area contributed by atoms with Crippen LogP contribution in [0.5, 0.6) is 0 Å². The standard InChI is InChI=1S/C11H12FN5O2/c1-16-7-14-11(15-16)4-5-13-9-3-2-8(12)6-10(9)17(18)19/h2-3,6-7,13H,4-5H2,1H3. The Morgan fingerprint density at radius 2 is 2.32 bits per heavy atom. The Kier molecular flexibility index (Phi) is 3.69. The highest BCUT2D eigenvalue weighted by Crippen LogP contribution is 2.24. The number of halogens is 1. The van der Waals surface area contributed by atoms with Gasteiger partial charge in [0.25, 0.3) is 5.69 Å². The van der Waals surface area contributed by atoms with Crippen molar-refractivity contribution < 1.29 is 9.31 Å².